The predicted molar refractivity (Wildman–Crippen MR) is 93.0 cm³/mol. The Labute approximate surface area is 137 Å². The molecule has 0 unspecified atom stereocenters. The van der Waals surface area contributed by atoms with Crippen LogP contribution in [0.25, 0.3) is 0 Å². The zero-order valence-electron chi connectivity index (χ0n) is 13.4. The Kier molecular flexibility index (Phi) is 12.5. The number of hydrogen-bond acceptors (Lipinski definition) is 4. The molecule has 2 aromatic carbocycles. The van der Waals surface area contributed by atoms with Gasteiger partial charge in [-0.25, -0.2) is 0 Å². The number of rotatable bonds is 5. The van der Waals surface area contributed by atoms with Crippen molar-refractivity contribution in [2.45, 2.75) is 13.5 Å². The third-order valence-electron chi connectivity index (χ3n) is 2.34. The monoisotopic (exact) mass is 316 g/mol. The summed E-state index contributed by atoms with van der Waals surface area (Å²) in [5.41, 5.74) is 1.24. The van der Waals surface area contributed by atoms with Crippen molar-refractivity contribution in [2.75, 3.05) is 6.61 Å². The van der Waals surface area contributed by atoms with Crippen molar-refractivity contribution in [3.8, 4) is 11.5 Å². The van der Waals surface area contributed by atoms with E-state index in [1.807, 2.05) is 25.1 Å². The number of hydrogen-bond donors (Lipinski definition) is 2. The molecule has 0 saturated heterocycles. The lowest BCUT2D eigenvalue weighted by atomic mass is 10.2. The molecular formula is C19H24O4. The quantitative estimate of drug-likeness (QED) is 0.791. The molecular weight excluding hydrogens is 292 g/mol. The average Bonchev–Trinajstić information content (AvgIpc) is 2.56. The zero-order chi connectivity index (χ0) is 17.3. The highest BCUT2D eigenvalue weighted by atomic mass is 16.5. The van der Waals surface area contributed by atoms with Crippen LogP contribution in [0.1, 0.15) is 12.5 Å². The number of aromatic hydroxyl groups is 2. The molecule has 0 bridgehead atoms. The Hall–Kier alpha value is -2.72. The molecule has 124 valence electrons. The van der Waals surface area contributed by atoms with E-state index in [1.165, 1.54) is 36.3 Å². The van der Waals surface area contributed by atoms with Gasteiger partial charge in [-0.3, -0.25) is 0 Å². The summed E-state index contributed by atoms with van der Waals surface area (Å²) in [5.74, 6) is 0.176. The molecule has 0 spiro atoms. The van der Waals surface area contributed by atoms with Crippen molar-refractivity contribution in [2.24, 2.45) is 0 Å². The summed E-state index contributed by atoms with van der Waals surface area (Å²) in [5, 5.41) is 17.3. The molecule has 0 amide bonds. The minimum Gasteiger partial charge on any atom is -0.508 e. The molecule has 0 aliphatic heterocycles. The van der Waals surface area contributed by atoms with E-state index in [0.29, 0.717) is 0 Å². The van der Waals surface area contributed by atoms with E-state index in [1.54, 1.807) is 6.07 Å². The van der Waals surface area contributed by atoms with Crippen LogP contribution in [0.5, 0.6) is 11.5 Å². The Morgan fingerprint density at radius 2 is 1.48 bits per heavy atom. The van der Waals surface area contributed by atoms with E-state index < -0.39 is 0 Å². The third-order valence-corrected chi connectivity index (χ3v) is 2.34. The van der Waals surface area contributed by atoms with E-state index in [0.717, 1.165) is 13.2 Å². The number of ether oxygens (including phenoxy) is 2. The third kappa shape index (κ3) is 12.7. The van der Waals surface area contributed by atoms with Crippen LogP contribution >= 0.6 is 0 Å². The van der Waals surface area contributed by atoms with Gasteiger partial charge in [-0.1, -0.05) is 49.6 Å². The highest BCUT2D eigenvalue weighted by Crippen LogP contribution is 2.14. The lowest BCUT2D eigenvalue weighted by Gasteiger charge is -1.98. The van der Waals surface area contributed by atoms with E-state index in [2.05, 4.69) is 30.0 Å². The molecule has 0 aliphatic carbocycles. The van der Waals surface area contributed by atoms with Gasteiger partial charge in [0.1, 0.15) is 11.5 Å². The van der Waals surface area contributed by atoms with Gasteiger partial charge in [0.25, 0.3) is 0 Å². The molecule has 2 rings (SSSR count). The maximum atomic E-state index is 8.65. The summed E-state index contributed by atoms with van der Waals surface area (Å²) < 4.78 is 9.58. The minimum absolute atomic E-state index is 0.0880. The first kappa shape index (κ1) is 20.3. The summed E-state index contributed by atoms with van der Waals surface area (Å²) in [4.78, 5) is 0. The van der Waals surface area contributed by atoms with Crippen LogP contribution in [0.3, 0.4) is 0 Å². The van der Waals surface area contributed by atoms with Crippen molar-refractivity contribution >= 4 is 0 Å². The van der Waals surface area contributed by atoms with E-state index >= 15 is 0 Å². The number of phenols is 2. The van der Waals surface area contributed by atoms with Crippen LogP contribution in [0.4, 0.5) is 0 Å². The Balaban J connectivity index is 0.000000335. The topological polar surface area (TPSA) is 58.9 Å². The maximum absolute atomic E-state index is 8.65. The molecule has 0 heterocycles. The first-order valence-corrected chi connectivity index (χ1v) is 7.11. The van der Waals surface area contributed by atoms with Crippen LogP contribution in [-0.4, -0.2) is 16.8 Å². The van der Waals surface area contributed by atoms with Crippen molar-refractivity contribution < 1.29 is 19.7 Å². The normalized spacial score (nSPS) is 8.57. The Morgan fingerprint density at radius 1 is 0.913 bits per heavy atom. The fourth-order valence-electron chi connectivity index (χ4n) is 1.36. The SMILES string of the molecule is C=COC=C.CCOCc1ccccc1.Oc1cccc(O)c1. The molecule has 0 aliphatic rings. The Bertz CT molecular complexity index is 515. The van der Waals surface area contributed by atoms with Crippen LogP contribution in [0.2, 0.25) is 0 Å². The van der Waals surface area contributed by atoms with Gasteiger partial charge in [0.05, 0.1) is 19.1 Å². The predicted octanol–water partition coefficient (Wildman–Crippen LogP) is 4.61. The zero-order valence-corrected chi connectivity index (χ0v) is 13.4. The molecule has 0 saturated carbocycles. The Morgan fingerprint density at radius 3 is 1.83 bits per heavy atom. The second-order valence-electron chi connectivity index (χ2n) is 4.11. The molecule has 4 nitrogen and oxygen atoms in total. The number of benzene rings is 2. The van der Waals surface area contributed by atoms with Crippen molar-refractivity contribution in [1.82, 2.24) is 0 Å². The van der Waals surface area contributed by atoms with Gasteiger partial charge < -0.3 is 19.7 Å². The molecule has 0 fully saturated rings. The largest absolute Gasteiger partial charge is 0.508 e. The molecule has 0 radical (unpaired) electrons. The minimum atomic E-state index is 0.0880. The summed E-state index contributed by atoms with van der Waals surface area (Å²) in [6.45, 7) is 10.0. The van der Waals surface area contributed by atoms with Gasteiger partial charge in [-0.05, 0) is 24.6 Å². The van der Waals surface area contributed by atoms with Gasteiger partial charge in [0, 0.05) is 12.7 Å². The molecule has 0 atom stereocenters. The van der Waals surface area contributed by atoms with Crippen molar-refractivity contribution in [1.29, 1.82) is 0 Å². The molecule has 4 heteroatoms. The second kappa shape index (κ2) is 14.2. The standard InChI is InChI=1S/C9H12O.C6H6O2.C4H6O/c1-2-10-8-9-6-4-3-5-7-9;7-5-2-1-3-6(8)4-5;1-3-5-4-2/h3-7H,2,8H2,1H3;1-4,7-8H;3-4H,1-2H2. The second-order valence-corrected chi connectivity index (χ2v) is 4.11. The fourth-order valence-corrected chi connectivity index (χ4v) is 1.36. The highest BCUT2D eigenvalue weighted by molar-refractivity contribution is 5.30. The molecule has 2 aromatic rings. The fraction of sp³-hybridized carbons (Fsp3) is 0.158. The summed E-state index contributed by atoms with van der Waals surface area (Å²) >= 11 is 0. The van der Waals surface area contributed by atoms with Crippen LogP contribution in [0.15, 0.2) is 80.3 Å². The maximum Gasteiger partial charge on any atom is 0.119 e. The van der Waals surface area contributed by atoms with E-state index in [-0.39, 0.29) is 11.5 Å². The summed E-state index contributed by atoms with van der Waals surface area (Å²) in [7, 11) is 0. The molecule has 23 heavy (non-hydrogen) atoms. The number of phenolic OH excluding ortho intramolecular Hbond substituents is 2. The average molecular weight is 316 g/mol. The van der Waals surface area contributed by atoms with Crippen LogP contribution in [0, 0.1) is 0 Å². The molecule has 0 aromatic heterocycles. The van der Waals surface area contributed by atoms with Gasteiger partial charge in [-0.2, -0.15) is 0 Å². The van der Waals surface area contributed by atoms with Crippen LogP contribution in [-0.2, 0) is 16.1 Å². The smallest absolute Gasteiger partial charge is 0.119 e. The highest BCUT2D eigenvalue weighted by Gasteiger charge is 1.87. The summed E-state index contributed by atoms with van der Waals surface area (Å²) in [6, 6.07) is 16.0. The lowest BCUT2D eigenvalue weighted by molar-refractivity contribution is 0.134. The van der Waals surface area contributed by atoms with Crippen molar-refractivity contribution in [3.63, 3.8) is 0 Å². The van der Waals surface area contributed by atoms with Crippen LogP contribution < -0.4 is 0 Å². The lowest BCUT2D eigenvalue weighted by Crippen LogP contribution is -1.90. The van der Waals surface area contributed by atoms with Gasteiger partial charge >= 0.3 is 0 Å². The first-order valence-electron chi connectivity index (χ1n) is 7.11. The van der Waals surface area contributed by atoms with Gasteiger partial charge in [0.2, 0.25) is 0 Å². The van der Waals surface area contributed by atoms with Crippen molar-refractivity contribution in [3.05, 3.63) is 85.8 Å². The van der Waals surface area contributed by atoms with E-state index in [4.69, 9.17) is 14.9 Å². The van der Waals surface area contributed by atoms with Gasteiger partial charge in [0.15, 0.2) is 0 Å². The molecule has 2 N–H and O–H groups in total. The van der Waals surface area contributed by atoms with E-state index in [9.17, 15) is 0 Å². The van der Waals surface area contributed by atoms with Gasteiger partial charge in [-0.15, -0.1) is 0 Å². The summed E-state index contributed by atoms with van der Waals surface area (Å²) in [6.07, 6.45) is 2.62. The first-order chi connectivity index (χ1) is 11.1.